The molecule has 1 fully saturated rings. The van der Waals surface area contributed by atoms with Gasteiger partial charge in [0.25, 0.3) is 0 Å². The zero-order valence-electron chi connectivity index (χ0n) is 11.7. The van der Waals surface area contributed by atoms with Gasteiger partial charge in [0.05, 0.1) is 17.5 Å². The van der Waals surface area contributed by atoms with Crippen molar-refractivity contribution in [2.45, 2.75) is 19.8 Å². The molecule has 5 nitrogen and oxygen atoms in total. The minimum absolute atomic E-state index is 0.101. The number of anilines is 1. The van der Waals surface area contributed by atoms with Crippen molar-refractivity contribution in [3.8, 4) is 11.5 Å². The molecule has 2 aliphatic heterocycles. The Morgan fingerprint density at radius 2 is 1.86 bits per heavy atom. The summed E-state index contributed by atoms with van der Waals surface area (Å²) in [6.07, 6.45) is 3.40. The molecule has 2 atom stereocenters. The van der Waals surface area contributed by atoms with Crippen LogP contribution in [0, 0.1) is 11.8 Å². The summed E-state index contributed by atoms with van der Waals surface area (Å²) in [5.74, 6) is 0.591. The van der Waals surface area contributed by atoms with Crippen LogP contribution in [0.3, 0.4) is 0 Å². The zero-order valence-corrected chi connectivity index (χ0v) is 11.7. The third-order valence-electron chi connectivity index (χ3n) is 4.44. The molecule has 21 heavy (non-hydrogen) atoms. The van der Waals surface area contributed by atoms with Crippen molar-refractivity contribution in [2.75, 3.05) is 11.7 Å². The van der Waals surface area contributed by atoms with Crippen LogP contribution in [-0.2, 0) is 9.59 Å². The summed E-state index contributed by atoms with van der Waals surface area (Å²) in [4.78, 5) is 26.5. The molecule has 0 spiro atoms. The van der Waals surface area contributed by atoms with Gasteiger partial charge in [-0.15, -0.1) is 0 Å². The summed E-state index contributed by atoms with van der Waals surface area (Å²) in [6.45, 7) is 2.19. The molecule has 1 aromatic carbocycles. The molecule has 1 aliphatic carbocycles. The summed E-state index contributed by atoms with van der Waals surface area (Å²) in [6, 6.07) is 5.18. The first-order valence-corrected chi connectivity index (χ1v) is 7.08. The molecule has 2 amide bonds. The molecule has 4 rings (SSSR count). The van der Waals surface area contributed by atoms with Crippen LogP contribution in [0.2, 0.25) is 0 Å². The van der Waals surface area contributed by atoms with Gasteiger partial charge in [0.15, 0.2) is 11.5 Å². The summed E-state index contributed by atoms with van der Waals surface area (Å²) in [5.41, 5.74) is 1.76. The van der Waals surface area contributed by atoms with E-state index in [0.717, 1.165) is 0 Å². The van der Waals surface area contributed by atoms with Gasteiger partial charge in [0, 0.05) is 6.07 Å². The van der Waals surface area contributed by atoms with E-state index >= 15 is 0 Å². The number of carbonyl (C=O) groups is 2. The first-order valence-electron chi connectivity index (χ1n) is 7.08. The Labute approximate surface area is 122 Å². The quantitative estimate of drug-likeness (QED) is 0.586. The van der Waals surface area contributed by atoms with Crippen molar-refractivity contribution >= 4 is 17.5 Å². The van der Waals surface area contributed by atoms with Crippen LogP contribution in [0.15, 0.2) is 29.8 Å². The van der Waals surface area contributed by atoms with Gasteiger partial charge in [0.2, 0.25) is 18.6 Å². The number of allylic oxidation sites excluding steroid dienone is 2. The van der Waals surface area contributed by atoms with E-state index in [1.807, 2.05) is 6.92 Å². The average Bonchev–Trinajstić information content (AvgIpc) is 3.02. The average molecular weight is 285 g/mol. The van der Waals surface area contributed by atoms with E-state index in [1.165, 1.54) is 10.5 Å². The minimum Gasteiger partial charge on any atom is -0.454 e. The van der Waals surface area contributed by atoms with Crippen LogP contribution in [0.4, 0.5) is 5.69 Å². The highest BCUT2D eigenvalue weighted by Crippen LogP contribution is 2.42. The molecule has 108 valence electrons. The lowest BCUT2D eigenvalue weighted by molar-refractivity contribution is -0.122. The van der Waals surface area contributed by atoms with Crippen molar-refractivity contribution in [1.29, 1.82) is 0 Å². The van der Waals surface area contributed by atoms with Crippen LogP contribution >= 0.6 is 0 Å². The second-order valence-corrected chi connectivity index (χ2v) is 5.75. The minimum atomic E-state index is -0.216. The number of ether oxygens (including phenoxy) is 2. The van der Waals surface area contributed by atoms with Gasteiger partial charge in [0.1, 0.15) is 0 Å². The third-order valence-corrected chi connectivity index (χ3v) is 4.44. The molecule has 0 unspecified atom stereocenters. The lowest BCUT2D eigenvalue weighted by Crippen LogP contribution is -2.30. The van der Waals surface area contributed by atoms with Crippen LogP contribution in [0.1, 0.15) is 19.8 Å². The molecular formula is C16H15NO4. The molecule has 1 saturated heterocycles. The number of amides is 2. The molecule has 0 saturated carbocycles. The fraction of sp³-hybridized carbons (Fsp3) is 0.375. The van der Waals surface area contributed by atoms with E-state index in [9.17, 15) is 9.59 Å². The molecule has 2 heterocycles. The third kappa shape index (κ3) is 1.77. The van der Waals surface area contributed by atoms with Gasteiger partial charge in [-0.3, -0.25) is 9.59 Å². The zero-order chi connectivity index (χ0) is 14.6. The molecule has 0 aromatic heterocycles. The Kier molecular flexibility index (Phi) is 2.58. The van der Waals surface area contributed by atoms with Crippen LogP contribution in [0.25, 0.3) is 0 Å². The lowest BCUT2D eigenvalue weighted by Gasteiger charge is -2.18. The second-order valence-electron chi connectivity index (χ2n) is 5.75. The Hall–Kier alpha value is -2.30. The lowest BCUT2D eigenvalue weighted by atomic mass is 9.82. The van der Waals surface area contributed by atoms with Crippen molar-refractivity contribution in [1.82, 2.24) is 0 Å². The van der Waals surface area contributed by atoms with E-state index in [4.69, 9.17) is 9.47 Å². The standard InChI is InChI=1S/C16H15NO4/c1-9-2-4-11-12(6-9)16(19)17(15(11)18)10-3-5-13-14(7-10)21-8-20-13/h2-3,5,7,11-12H,4,6,8H2,1H3/t11-,12-/m0/s1. The molecule has 0 N–H and O–H groups in total. The monoisotopic (exact) mass is 285 g/mol. The van der Waals surface area contributed by atoms with E-state index in [-0.39, 0.29) is 30.4 Å². The highest BCUT2D eigenvalue weighted by molar-refractivity contribution is 6.22. The number of fused-ring (bicyclic) bond motifs is 2. The summed E-state index contributed by atoms with van der Waals surface area (Å²) in [7, 11) is 0. The Bertz CT molecular complexity index is 679. The second kappa shape index (κ2) is 4.35. The molecule has 1 aromatic rings. The van der Waals surface area contributed by atoms with Crippen molar-refractivity contribution in [2.24, 2.45) is 11.8 Å². The van der Waals surface area contributed by atoms with Crippen molar-refractivity contribution in [3.05, 3.63) is 29.8 Å². The topological polar surface area (TPSA) is 55.8 Å². The normalized spacial score (nSPS) is 26.9. The summed E-state index contributed by atoms with van der Waals surface area (Å²) in [5, 5.41) is 0. The van der Waals surface area contributed by atoms with E-state index < -0.39 is 0 Å². The number of imide groups is 1. The van der Waals surface area contributed by atoms with Gasteiger partial charge in [-0.1, -0.05) is 11.6 Å². The van der Waals surface area contributed by atoms with E-state index in [0.29, 0.717) is 30.0 Å². The highest BCUT2D eigenvalue weighted by atomic mass is 16.7. The predicted octanol–water partition coefficient (Wildman–Crippen LogP) is 2.26. The number of nitrogens with zero attached hydrogens (tertiary/aromatic N) is 1. The van der Waals surface area contributed by atoms with E-state index in [1.54, 1.807) is 18.2 Å². The molecule has 3 aliphatic rings. The molecular weight excluding hydrogens is 270 g/mol. The van der Waals surface area contributed by atoms with Gasteiger partial charge >= 0.3 is 0 Å². The maximum Gasteiger partial charge on any atom is 0.238 e. The maximum absolute atomic E-state index is 12.6. The van der Waals surface area contributed by atoms with Crippen LogP contribution in [-0.4, -0.2) is 18.6 Å². The first kappa shape index (κ1) is 12.4. The van der Waals surface area contributed by atoms with Gasteiger partial charge in [-0.25, -0.2) is 4.90 Å². The Morgan fingerprint density at radius 1 is 1.10 bits per heavy atom. The number of hydrogen-bond donors (Lipinski definition) is 0. The fourth-order valence-corrected chi connectivity index (χ4v) is 3.32. The van der Waals surface area contributed by atoms with Gasteiger partial charge in [-0.2, -0.15) is 0 Å². The number of benzene rings is 1. The number of rotatable bonds is 1. The van der Waals surface area contributed by atoms with Crippen LogP contribution in [0.5, 0.6) is 11.5 Å². The fourth-order valence-electron chi connectivity index (χ4n) is 3.32. The Balaban J connectivity index is 1.70. The number of carbonyl (C=O) groups excluding carboxylic acids is 2. The Morgan fingerprint density at radius 3 is 2.71 bits per heavy atom. The molecule has 5 heteroatoms. The number of hydrogen-bond acceptors (Lipinski definition) is 4. The summed E-state index contributed by atoms with van der Waals surface area (Å²) < 4.78 is 10.6. The van der Waals surface area contributed by atoms with Crippen molar-refractivity contribution in [3.63, 3.8) is 0 Å². The highest BCUT2D eigenvalue weighted by Gasteiger charge is 2.48. The van der Waals surface area contributed by atoms with Gasteiger partial charge in [-0.05, 0) is 31.9 Å². The molecule has 0 bridgehead atoms. The predicted molar refractivity (Wildman–Crippen MR) is 75.0 cm³/mol. The molecule has 0 radical (unpaired) electrons. The summed E-state index contributed by atoms with van der Waals surface area (Å²) >= 11 is 0. The van der Waals surface area contributed by atoms with Crippen molar-refractivity contribution < 1.29 is 19.1 Å². The smallest absolute Gasteiger partial charge is 0.238 e. The van der Waals surface area contributed by atoms with E-state index in [2.05, 4.69) is 6.08 Å². The SMILES string of the molecule is CC1=CC[C@@H]2C(=O)N(c3ccc4c(c3)OCO4)C(=O)[C@H]2C1. The maximum atomic E-state index is 12.6. The largest absolute Gasteiger partial charge is 0.454 e. The van der Waals surface area contributed by atoms with Crippen LogP contribution < -0.4 is 14.4 Å². The first-order chi connectivity index (χ1) is 10.1. The van der Waals surface area contributed by atoms with Gasteiger partial charge < -0.3 is 9.47 Å².